The van der Waals surface area contributed by atoms with Gasteiger partial charge in [-0.3, -0.25) is 27.4 Å². The van der Waals surface area contributed by atoms with E-state index in [-0.39, 0.29) is 89.1 Å². The van der Waals surface area contributed by atoms with Crippen molar-refractivity contribution in [2.45, 2.75) is 135 Å². The molecule has 6 rings (SSSR count). The zero-order valence-electron chi connectivity index (χ0n) is 40.1. The molecule has 70 heavy (non-hydrogen) atoms. The number of aromatic nitrogens is 9. The molecule has 27 nitrogen and oxygen atoms in total. The summed E-state index contributed by atoms with van der Waals surface area (Å²) in [6, 6.07) is 0. The second-order valence-corrected chi connectivity index (χ2v) is 23.2. The maximum absolute atomic E-state index is 12.6. The van der Waals surface area contributed by atoms with Gasteiger partial charge in [0.15, 0.2) is 0 Å². The van der Waals surface area contributed by atoms with Gasteiger partial charge in [-0.15, -0.1) is 0 Å². The third-order valence-electron chi connectivity index (χ3n) is 10.7. The van der Waals surface area contributed by atoms with Crippen LogP contribution in [0.5, 0.6) is 0 Å². The summed E-state index contributed by atoms with van der Waals surface area (Å²) in [5, 5.41) is 0. The summed E-state index contributed by atoms with van der Waals surface area (Å²) in [4.78, 5) is 65.3. The minimum Gasteiger partial charge on any atom is -0.379 e. The molecule has 0 spiro atoms. The van der Waals surface area contributed by atoms with Crippen LogP contribution in [0.1, 0.15) is 96.8 Å². The first-order valence-electron chi connectivity index (χ1n) is 23.5. The van der Waals surface area contributed by atoms with Gasteiger partial charge in [-0.25, -0.2) is 29.3 Å². The lowest BCUT2D eigenvalue weighted by atomic mass is 10.0. The number of nitrogens with two attached hydrogens (primary N) is 3. The van der Waals surface area contributed by atoms with Crippen LogP contribution in [0.25, 0.3) is 0 Å². The van der Waals surface area contributed by atoms with E-state index in [1.54, 1.807) is 0 Å². The molecule has 30 heteroatoms. The Bertz CT molecular complexity index is 2220. The number of rotatable bonds is 25. The lowest BCUT2D eigenvalue weighted by Crippen LogP contribution is -2.35. The van der Waals surface area contributed by atoms with Gasteiger partial charge >= 0.3 is 32.3 Å². The molecule has 6 heterocycles. The largest absolute Gasteiger partial charge is 0.379 e. The molecule has 3 aliphatic rings. The number of nitrogen functional groups attached to an aromatic ring is 3. The number of nitrogens with zero attached hydrogens (tertiary/aromatic N) is 9. The highest BCUT2D eigenvalue weighted by Crippen LogP contribution is 2.51. The zero-order valence-corrected chi connectivity index (χ0v) is 42.8. The average molecular weight is 1050 g/mol. The Kier molecular flexibility index (Phi) is 25.9. The molecular weight excluding hydrogens is 981 g/mol. The number of anilines is 3. The second kappa shape index (κ2) is 30.9. The summed E-state index contributed by atoms with van der Waals surface area (Å²) < 4.78 is 81.2. The maximum Gasteiger partial charge on any atom is 0.356 e. The predicted molar refractivity (Wildman–Crippen MR) is 257 cm³/mol. The van der Waals surface area contributed by atoms with Crippen molar-refractivity contribution < 1.29 is 55.6 Å². The van der Waals surface area contributed by atoms with Gasteiger partial charge in [-0.05, 0) is 6.42 Å². The van der Waals surface area contributed by atoms with Crippen molar-refractivity contribution in [1.82, 2.24) is 43.6 Å². The Morgan fingerprint density at radius 2 is 0.971 bits per heavy atom. The van der Waals surface area contributed by atoms with Gasteiger partial charge in [-0.2, -0.15) is 15.0 Å². The van der Waals surface area contributed by atoms with Crippen LogP contribution in [0.15, 0.2) is 33.4 Å². The molecule has 3 fully saturated rings. The molecule has 396 valence electrons. The smallest absolute Gasteiger partial charge is 0.356 e. The van der Waals surface area contributed by atoms with Gasteiger partial charge in [0, 0.05) is 13.3 Å². The molecule has 3 aliphatic heterocycles. The van der Waals surface area contributed by atoms with Crippen molar-refractivity contribution in [2.75, 3.05) is 82.6 Å². The number of hydrogen-bond acceptors (Lipinski definition) is 23. The molecule has 0 aromatic carbocycles. The first-order chi connectivity index (χ1) is 33.4. The van der Waals surface area contributed by atoms with Crippen LogP contribution in [-0.4, -0.2) is 132 Å². The van der Waals surface area contributed by atoms with Gasteiger partial charge in [0.2, 0.25) is 25.2 Å². The SMILES string of the molecule is CCCCCCCCCCCCCCCCOCCOP1(=O)CO[C@@H](Cn2cnc(N)nc2=O)CO1.CP1(=O)CO[C@@H](Cn2cnc(N)nc2=O)CO1.Nc1ncn(C[C@H]2COP(=O)(O)CO2)c(=O)n1. The quantitative estimate of drug-likeness (QED) is 0.0695. The molecule has 3 aromatic rings. The van der Waals surface area contributed by atoms with Crippen molar-refractivity contribution in [3.05, 3.63) is 50.4 Å². The predicted octanol–water partition coefficient (Wildman–Crippen LogP) is 3.58. The van der Waals surface area contributed by atoms with Crippen molar-refractivity contribution in [1.29, 1.82) is 0 Å². The van der Waals surface area contributed by atoms with Crippen molar-refractivity contribution in [2.24, 2.45) is 0 Å². The number of unbranched alkanes of at least 4 members (excludes halogenated alkanes) is 13. The Balaban J connectivity index is 0.000000258. The maximum atomic E-state index is 12.6. The summed E-state index contributed by atoms with van der Waals surface area (Å²) in [6.07, 6.45) is 20.7. The third-order valence-corrected chi connectivity index (χ3v) is 14.6. The molecule has 0 aliphatic carbocycles. The Hall–Kier alpha value is -3.84. The molecule has 3 saturated heterocycles. The van der Waals surface area contributed by atoms with E-state index in [4.69, 9.17) is 59.1 Å². The van der Waals surface area contributed by atoms with E-state index in [0.717, 1.165) is 6.42 Å². The van der Waals surface area contributed by atoms with E-state index in [9.17, 15) is 28.1 Å². The zero-order chi connectivity index (χ0) is 50.8. The molecule has 0 radical (unpaired) electrons. The Labute approximate surface area is 406 Å². The van der Waals surface area contributed by atoms with Crippen molar-refractivity contribution in [3.63, 3.8) is 0 Å². The van der Waals surface area contributed by atoms with Crippen LogP contribution in [0, 0.1) is 0 Å². The highest BCUT2D eigenvalue weighted by molar-refractivity contribution is 7.58. The summed E-state index contributed by atoms with van der Waals surface area (Å²) in [6.45, 7) is 5.76. The fourth-order valence-corrected chi connectivity index (χ4v) is 10.1. The molecule has 3 aromatic heterocycles. The monoisotopic (exact) mass is 1050 g/mol. The van der Waals surface area contributed by atoms with E-state index in [1.807, 2.05) is 0 Å². The van der Waals surface area contributed by atoms with Crippen LogP contribution < -0.4 is 34.3 Å². The Morgan fingerprint density at radius 3 is 1.34 bits per heavy atom. The third kappa shape index (κ3) is 23.6. The molecular formula is C40H71N12O15P3. The first-order valence-corrected chi connectivity index (χ1v) is 29.2. The van der Waals surface area contributed by atoms with Crippen LogP contribution in [0.3, 0.4) is 0 Å². The van der Waals surface area contributed by atoms with Crippen LogP contribution >= 0.6 is 22.6 Å². The highest BCUT2D eigenvalue weighted by atomic mass is 31.2. The van der Waals surface area contributed by atoms with Crippen LogP contribution in [-0.2, 0) is 70.4 Å². The van der Waals surface area contributed by atoms with Crippen molar-refractivity contribution in [3.8, 4) is 0 Å². The van der Waals surface area contributed by atoms with E-state index < -0.39 is 51.8 Å². The summed E-state index contributed by atoms with van der Waals surface area (Å²) >= 11 is 0. The number of hydrogen-bond donors (Lipinski definition) is 4. The molecule has 3 unspecified atom stereocenters. The van der Waals surface area contributed by atoms with Gasteiger partial charge in [-0.1, -0.05) is 90.4 Å². The van der Waals surface area contributed by atoms with E-state index >= 15 is 0 Å². The minimum absolute atomic E-state index is 0.0496. The van der Waals surface area contributed by atoms with Crippen molar-refractivity contribution >= 4 is 40.4 Å². The molecule has 0 bridgehead atoms. The van der Waals surface area contributed by atoms with Crippen LogP contribution in [0.2, 0.25) is 0 Å². The minimum atomic E-state index is -3.61. The number of ether oxygens (including phenoxy) is 4. The average Bonchev–Trinajstić information content (AvgIpc) is 3.31. The summed E-state index contributed by atoms with van der Waals surface area (Å²) in [5.74, 6) is -0.251. The fraction of sp³-hybridized carbons (Fsp3) is 0.775. The Morgan fingerprint density at radius 1 is 0.571 bits per heavy atom. The van der Waals surface area contributed by atoms with E-state index in [0.29, 0.717) is 13.2 Å². The fourth-order valence-electron chi connectivity index (χ4n) is 6.80. The highest BCUT2D eigenvalue weighted by Gasteiger charge is 2.34. The normalized spacial score (nSPS) is 24.5. The first kappa shape index (κ1) is 58.7. The van der Waals surface area contributed by atoms with Gasteiger partial charge in [0.1, 0.15) is 56.3 Å². The lowest BCUT2D eigenvalue weighted by Gasteiger charge is -2.29. The van der Waals surface area contributed by atoms with Gasteiger partial charge < -0.3 is 59.1 Å². The van der Waals surface area contributed by atoms with Gasteiger partial charge in [0.05, 0.1) is 52.7 Å². The standard InChI is InChI=1S/C25H47N4O6P.C8H13N4O4P.C7H11N4O5P/c1-2-3-4-5-6-7-8-9-10-11-12-13-14-15-16-32-17-18-34-36(31)22-33-23(20-35-36)19-29-21-27-24(26)28-25(29)30;1-17(14)5-15-6(3-16-17)2-12-4-10-7(9)11-8(12)13;8-6-9-3-11(7(12)10-6)1-5-2-16-17(13,14)4-15-5/h21,23H,2-20,22H2,1H3,(H2,26,28,30);4,6H,2-3,5H2,1H3,(H2,9,11,13);3,5H,1-2,4H2,(H,13,14)(H2,8,10,12)/t23-,36?;6-,17?;5-/m000/s1. The molecule has 7 N–H and O–H groups in total. The second-order valence-electron chi connectivity index (χ2n) is 16.9. The van der Waals surface area contributed by atoms with E-state index in [1.165, 1.54) is 123 Å². The van der Waals surface area contributed by atoms with E-state index in [2.05, 4.69) is 36.8 Å². The topological polar surface area (TPSA) is 367 Å². The summed E-state index contributed by atoms with van der Waals surface area (Å²) in [5.41, 5.74) is 14.3. The van der Waals surface area contributed by atoms with Gasteiger partial charge in [0.25, 0.3) is 0 Å². The lowest BCUT2D eigenvalue weighted by molar-refractivity contribution is -0.0181. The molecule has 6 atom stereocenters. The van der Waals surface area contributed by atoms with Crippen LogP contribution in [0.4, 0.5) is 17.8 Å². The molecule has 0 saturated carbocycles. The summed E-state index contributed by atoms with van der Waals surface area (Å²) in [7, 11) is -9.53. The molecule has 0 amide bonds.